The number of anilines is 1. The zero-order chi connectivity index (χ0) is 15.9. The first-order chi connectivity index (χ1) is 10.3. The van der Waals surface area contributed by atoms with Crippen molar-refractivity contribution < 1.29 is 22.3 Å². The molecule has 2 nitrogen and oxygen atoms in total. The number of halogens is 5. The van der Waals surface area contributed by atoms with Gasteiger partial charge in [0.15, 0.2) is 0 Å². The summed E-state index contributed by atoms with van der Waals surface area (Å²) in [6.07, 6.45) is -4.21. The molecule has 0 saturated heterocycles. The quantitative estimate of drug-likeness (QED) is 0.774. The Morgan fingerprint density at radius 3 is 2.45 bits per heavy atom. The number of benzene rings is 2. The fraction of sp³-hybridized carbons (Fsp3) is 0.200. The summed E-state index contributed by atoms with van der Waals surface area (Å²) in [4.78, 5) is 0. The second kappa shape index (κ2) is 5.35. The monoisotopic (exact) mass is 331 g/mol. The second-order valence-electron chi connectivity index (χ2n) is 4.94. The Labute approximate surface area is 128 Å². The summed E-state index contributed by atoms with van der Waals surface area (Å²) in [5.41, 5.74) is 1.86. The highest BCUT2D eigenvalue weighted by Crippen LogP contribution is 2.38. The number of alkyl halides is 3. The molecular formula is C15H10ClF4NO. The predicted octanol–water partition coefficient (Wildman–Crippen LogP) is 5.09. The van der Waals surface area contributed by atoms with Gasteiger partial charge in [-0.05, 0) is 41.8 Å². The van der Waals surface area contributed by atoms with Gasteiger partial charge in [0.25, 0.3) is 0 Å². The summed E-state index contributed by atoms with van der Waals surface area (Å²) in [5.74, 6) is -0.733. The minimum absolute atomic E-state index is 0.220. The fourth-order valence-corrected chi connectivity index (χ4v) is 2.73. The third kappa shape index (κ3) is 3.11. The van der Waals surface area contributed by atoms with Crippen molar-refractivity contribution in [1.29, 1.82) is 0 Å². The van der Waals surface area contributed by atoms with E-state index in [0.717, 1.165) is 11.1 Å². The SMILES string of the molecule is Fc1cc(Cl)cc2c1NC(c1ccc(OC(F)(F)F)cc1)C2. The molecule has 7 heteroatoms. The Bertz CT molecular complexity index is 700. The summed E-state index contributed by atoms with van der Waals surface area (Å²) >= 11 is 5.81. The molecule has 1 N–H and O–H groups in total. The van der Waals surface area contributed by atoms with E-state index in [1.54, 1.807) is 6.07 Å². The molecule has 0 aliphatic carbocycles. The summed E-state index contributed by atoms with van der Waals surface area (Å²) in [5, 5.41) is 3.33. The molecule has 116 valence electrons. The van der Waals surface area contributed by atoms with E-state index in [1.807, 2.05) is 0 Å². The van der Waals surface area contributed by atoms with E-state index in [9.17, 15) is 17.6 Å². The van der Waals surface area contributed by atoms with E-state index >= 15 is 0 Å². The highest BCUT2D eigenvalue weighted by Gasteiger charge is 2.31. The average Bonchev–Trinajstić information content (AvgIpc) is 2.81. The first kappa shape index (κ1) is 15.0. The largest absolute Gasteiger partial charge is 0.573 e. The number of fused-ring (bicyclic) bond motifs is 1. The topological polar surface area (TPSA) is 21.3 Å². The molecule has 0 spiro atoms. The Kier molecular flexibility index (Phi) is 3.64. The van der Waals surface area contributed by atoms with E-state index in [4.69, 9.17) is 11.6 Å². The Morgan fingerprint density at radius 1 is 1.14 bits per heavy atom. The zero-order valence-corrected chi connectivity index (χ0v) is 11.8. The minimum atomic E-state index is -4.72. The van der Waals surface area contributed by atoms with Crippen LogP contribution in [0.1, 0.15) is 17.2 Å². The van der Waals surface area contributed by atoms with Crippen molar-refractivity contribution in [2.75, 3.05) is 5.32 Å². The van der Waals surface area contributed by atoms with Crippen LogP contribution in [0.2, 0.25) is 5.02 Å². The van der Waals surface area contributed by atoms with E-state index < -0.39 is 12.2 Å². The molecule has 0 aromatic heterocycles. The van der Waals surface area contributed by atoms with Crippen LogP contribution in [-0.4, -0.2) is 6.36 Å². The summed E-state index contributed by atoms with van der Waals surface area (Å²) < 4.78 is 54.0. The van der Waals surface area contributed by atoms with Crippen molar-refractivity contribution in [1.82, 2.24) is 0 Å². The van der Waals surface area contributed by atoms with Gasteiger partial charge in [0.2, 0.25) is 0 Å². The van der Waals surface area contributed by atoms with Crippen LogP contribution in [-0.2, 0) is 6.42 Å². The lowest BCUT2D eigenvalue weighted by Gasteiger charge is -2.13. The molecule has 1 atom stereocenters. The van der Waals surface area contributed by atoms with Crippen LogP contribution in [0.3, 0.4) is 0 Å². The van der Waals surface area contributed by atoms with Gasteiger partial charge in [-0.1, -0.05) is 23.7 Å². The summed E-state index contributed by atoms with van der Waals surface area (Å²) in [6.45, 7) is 0. The Morgan fingerprint density at radius 2 is 1.82 bits per heavy atom. The van der Waals surface area contributed by atoms with Crippen molar-refractivity contribution in [2.24, 2.45) is 0 Å². The van der Waals surface area contributed by atoms with Gasteiger partial charge in [-0.2, -0.15) is 0 Å². The summed E-state index contributed by atoms with van der Waals surface area (Å²) in [7, 11) is 0. The second-order valence-corrected chi connectivity index (χ2v) is 5.38. The number of hydrogen-bond donors (Lipinski definition) is 1. The summed E-state index contributed by atoms with van der Waals surface area (Å²) in [6, 6.07) is 8.18. The van der Waals surface area contributed by atoms with E-state index in [0.29, 0.717) is 17.1 Å². The lowest BCUT2D eigenvalue weighted by atomic mass is 10.0. The smallest absolute Gasteiger partial charge is 0.406 e. The van der Waals surface area contributed by atoms with E-state index in [1.165, 1.54) is 30.3 Å². The van der Waals surface area contributed by atoms with Crippen molar-refractivity contribution in [3.63, 3.8) is 0 Å². The van der Waals surface area contributed by atoms with Crippen LogP contribution in [0.25, 0.3) is 0 Å². The number of hydrogen-bond acceptors (Lipinski definition) is 2. The molecule has 1 aliphatic rings. The highest BCUT2D eigenvalue weighted by atomic mass is 35.5. The van der Waals surface area contributed by atoms with Gasteiger partial charge in [0, 0.05) is 5.02 Å². The molecule has 0 radical (unpaired) electrons. The van der Waals surface area contributed by atoms with Gasteiger partial charge in [-0.25, -0.2) is 4.39 Å². The van der Waals surface area contributed by atoms with Gasteiger partial charge >= 0.3 is 6.36 Å². The van der Waals surface area contributed by atoms with Crippen molar-refractivity contribution >= 4 is 17.3 Å². The van der Waals surface area contributed by atoms with Crippen LogP contribution >= 0.6 is 11.6 Å². The van der Waals surface area contributed by atoms with Crippen LogP contribution in [0.15, 0.2) is 36.4 Å². The molecule has 0 fully saturated rings. The van der Waals surface area contributed by atoms with Crippen LogP contribution in [0, 0.1) is 5.82 Å². The fourth-order valence-electron chi connectivity index (χ4n) is 2.50. The number of ether oxygens (including phenoxy) is 1. The molecule has 2 aromatic carbocycles. The molecule has 0 bridgehead atoms. The minimum Gasteiger partial charge on any atom is -0.406 e. The van der Waals surface area contributed by atoms with Gasteiger partial charge in [-0.15, -0.1) is 13.2 Å². The van der Waals surface area contributed by atoms with Crippen molar-refractivity contribution in [3.05, 3.63) is 58.4 Å². The Hall–Kier alpha value is -1.95. The zero-order valence-electron chi connectivity index (χ0n) is 11.0. The average molecular weight is 332 g/mol. The molecule has 1 heterocycles. The molecule has 2 aromatic rings. The normalized spacial score (nSPS) is 17.0. The first-order valence-electron chi connectivity index (χ1n) is 6.42. The maximum atomic E-state index is 13.8. The third-order valence-corrected chi connectivity index (χ3v) is 3.61. The number of rotatable bonds is 2. The molecule has 0 saturated carbocycles. The lowest BCUT2D eigenvalue weighted by molar-refractivity contribution is -0.274. The third-order valence-electron chi connectivity index (χ3n) is 3.40. The van der Waals surface area contributed by atoms with E-state index in [2.05, 4.69) is 10.1 Å². The van der Waals surface area contributed by atoms with E-state index in [-0.39, 0.29) is 11.8 Å². The van der Waals surface area contributed by atoms with Crippen LogP contribution in [0.5, 0.6) is 5.75 Å². The van der Waals surface area contributed by atoms with Gasteiger partial charge in [0.1, 0.15) is 11.6 Å². The molecular weight excluding hydrogens is 322 g/mol. The standard InChI is InChI=1S/C15H10ClF4NO/c16-10-5-9-6-13(21-14(9)12(17)7-10)8-1-3-11(4-2-8)22-15(18,19)20/h1-5,7,13,21H,6H2. The van der Waals surface area contributed by atoms with Crippen molar-refractivity contribution in [3.8, 4) is 5.75 Å². The molecule has 1 unspecified atom stereocenters. The van der Waals surface area contributed by atoms with Crippen LogP contribution < -0.4 is 10.1 Å². The predicted molar refractivity (Wildman–Crippen MR) is 74.6 cm³/mol. The van der Waals surface area contributed by atoms with Crippen LogP contribution in [0.4, 0.5) is 23.2 Å². The molecule has 1 aliphatic heterocycles. The maximum Gasteiger partial charge on any atom is 0.573 e. The molecule has 3 rings (SSSR count). The maximum absolute atomic E-state index is 13.8. The van der Waals surface area contributed by atoms with Gasteiger partial charge < -0.3 is 10.1 Å². The Balaban J connectivity index is 1.78. The molecule has 0 amide bonds. The number of nitrogens with one attached hydrogen (secondary N) is 1. The van der Waals surface area contributed by atoms with Gasteiger partial charge in [0.05, 0.1) is 11.7 Å². The van der Waals surface area contributed by atoms with Crippen molar-refractivity contribution in [2.45, 2.75) is 18.8 Å². The molecule has 22 heavy (non-hydrogen) atoms. The highest BCUT2D eigenvalue weighted by molar-refractivity contribution is 6.30. The van der Waals surface area contributed by atoms with Gasteiger partial charge in [-0.3, -0.25) is 0 Å². The first-order valence-corrected chi connectivity index (χ1v) is 6.80. The lowest BCUT2D eigenvalue weighted by Crippen LogP contribution is -2.17.